The van der Waals surface area contributed by atoms with Gasteiger partial charge in [-0.3, -0.25) is 14.9 Å². The Bertz CT molecular complexity index is 771. The molecule has 0 spiro atoms. The molecule has 0 saturated carbocycles. The highest BCUT2D eigenvalue weighted by Gasteiger charge is 2.32. The van der Waals surface area contributed by atoms with Crippen molar-refractivity contribution in [3.63, 3.8) is 0 Å². The van der Waals surface area contributed by atoms with E-state index in [4.69, 9.17) is 0 Å². The van der Waals surface area contributed by atoms with Crippen molar-refractivity contribution >= 4 is 17.6 Å². The molecule has 25 heavy (non-hydrogen) atoms. The van der Waals surface area contributed by atoms with E-state index in [1.807, 2.05) is 51.1 Å². The maximum absolute atomic E-state index is 12.3. The van der Waals surface area contributed by atoms with Crippen molar-refractivity contribution in [3.05, 3.63) is 47.7 Å². The average Bonchev–Trinajstić information content (AvgIpc) is 2.93. The molecule has 1 aromatic heterocycles. The minimum atomic E-state index is -0.487. The molecule has 0 aliphatic carbocycles. The van der Waals surface area contributed by atoms with Gasteiger partial charge in [0.2, 0.25) is 11.8 Å². The lowest BCUT2D eigenvalue weighted by Crippen LogP contribution is -2.57. The van der Waals surface area contributed by atoms with Crippen LogP contribution in [0, 0.1) is 12.8 Å². The average molecular weight is 341 g/mol. The summed E-state index contributed by atoms with van der Waals surface area (Å²) in [5.41, 5.74) is 1.70. The number of carbonyl (C=O) groups is 2. The van der Waals surface area contributed by atoms with E-state index in [-0.39, 0.29) is 30.2 Å². The number of rotatable bonds is 4. The molecular weight excluding hydrogens is 318 g/mol. The van der Waals surface area contributed by atoms with Gasteiger partial charge in [-0.2, -0.15) is 5.10 Å². The summed E-state index contributed by atoms with van der Waals surface area (Å²) in [6.45, 7) is 5.68. The van der Waals surface area contributed by atoms with Crippen LogP contribution < -0.4 is 16.0 Å². The van der Waals surface area contributed by atoms with Crippen LogP contribution in [0.3, 0.4) is 0 Å². The van der Waals surface area contributed by atoms with Crippen LogP contribution in [-0.2, 0) is 16.0 Å². The Morgan fingerprint density at radius 3 is 2.68 bits per heavy atom. The van der Waals surface area contributed by atoms with E-state index in [0.717, 1.165) is 11.3 Å². The lowest BCUT2D eigenvalue weighted by molar-refractivity contribution is -0.130. The van der Waals surface area contributed by atoms with Gasteiger partial charge in [0.15, 0.2) is 6.29 Å². The monoisotopic (exact) mass is 341 g/mol. The van der Waals surface area contributed by atoms with Crippen molar-refractivity contribution in [3.8, 4) is 0 Å². The van der Waals surface area contributed by atoms with Crippen molar-refractivity contribution in [1.82, 2.24) is 20.4 Å². The van der Waals surface area contributed by atoms with Crippen LogP contribution in [0.1, 0.15) is 31.4 Å². The number of hydrogen-bond donors (Lipinski definition) is 3. The van der Waals surface area contributed by atoms with E-state index in [1.165, 1.54) is 0 Å². The van der Waals surface area contributed by atoms with E-state index < -0.39 is 6.29 Å². The summed E-state index contributed by atoms with van der Waals surface area (Å²) < 4.78 is 1.61. The molecule has 1 aromatic carbocycles. The van der Waals surface area contributed by atoms with Gasteiger partial charge in [0.05, 0.1) is 18.0 Å². The zero-order chi connectivity index (χ0) is 18.0. The predicted molar refractivity (Wildman–Crippen MR) is 94.7 cm³/mol. The molecule has 7 nitrogen and oxygen atoms in total. The fraction of sp³-hybridized carbons (Fsp3) is 0.389. The molecule has 0 bridgehead atoms. The van der Waals surface area contributed by atoms with Crippen molar-refractivity contribution in [1.29, 1.82) is 0 Å². The smallest absolute Gasteiger partial charge is 0.229 e. The second-order valence-electron chi connectivity index (χ2n) is 6.48. The molecule has 3 atom stereocenters. The zero-order valence-electron chi connectivity index (χ0n) is 14.6. The maximum Gasteiger partial charge on any atom is 0.229 e. The van der Waals surface area contributed by atoms with E-state index in [0.29, 0.717) is 5.82 Å². The summed E-state index contributed by atoms with van der Waals surface area (Å²) in [4.78, 5) is 24.4. The molecule has 1 aliphatic rings. The minimum Gasteiger partial charge on any atom is -0.322 e. The van der Waals surface area contributed by atoms with Gasteiger partial charge < -0.3 is 10.6 Å². The van der Waals surface area contributed by atoms with Gasteiger partial charge in [-0.05, 0) is 19.4 Å². The second-order valence-corrected chi connectivity index (χ2v) is 6.48. The first kappa shape index (κ1) is 17.2. The van der Waals surface area contributed by atoms with Crippen molar-refractivity contribution in [2.45, 2.75) is 39.5 Å². The molecule has 3 unspecified atom stereocenters. The third kappa shape index (κ3) is 3.88. The highest BCUT2D eigenvalue weighted by Crippen LogP contribution is 2.19. The molecule has 1 aliphatic heterocycles. The summed E-state index contributed by atoms with van der Waals surface area (Å²) in [5.74, 6) is 0.267. The third-order valence-electron chi connectivity index (χ3n) is 4.44. The summed E-state index contributed by atoms with van der Waals surface area (Å²) >= 11 is 0. The SMILES string of the molecule is Cc1cc(NC(=O)Cc2ccccc2)n(C2NC(=O)C(C)C(C)N2)n1. The maximum atomic E-state index is 12.3. The molecule has 3 N–H and O–H groups in total. The number of nitrogens with zero attached hydrogens (tertiary/aromatic N) is 2. The molecule has 2 amide bonds. The van der Waals surface area contributed by atoms with Crippen LogP contribution in [0.5, 0.6) is 0 Å². The Morgan fingerprint density at radius 2 is 2.00 bits per heavy atom. The topological polar surface area (TPSA) is 88.0 Å². The Balaban J connectivity index is 1.75. The van der Waals surface area contributed by atoms with E-state index in [9.17, 15) is 9.59 Å². The van der Waals surface area contributed by atoms with Crippen LogP contribution >= 0.6 is 0 Å². The molecular formula is C18H23N5O2. The first-order valence-corrected chi connectivity index (χ1v) is 8.40. The largest absolute Gasteiger partial charge is 0.322 e. The molecule has 2 heterocycles. The highest BCUT2D eigenvalue weighted by molar-refractivity contribution is 5.91. The molecule has 3 rings (SSSR count). The van der Waals surface area contributed by atoms with Gasteiger partial charge in [-0.15, -0.1) is 0 Å². The van der Waals surface area contributed by atoms with Gasteiger partial charge in [0.25, 0.3) is 0 Å². The van der Waals surface area contributed by atoms with E-state index in [1.54, 1.807) is 10.7 Å². The minimum absolute atomic E-state index is 0.0103. The standard InChI is InChI=1S/C18H23N5O2/c1-11-9-15(20-16(24)10-14-7-5-4-6-8-14)23(22-11)18-19-13(3)12(2)17(25)21-18/h4-9,12-13,18-19H,10H2,1-3H3,(H,20,24)(H,21,25). The van der Waals surface area contributed by atoms with Gasteiger partial charge in [-0.1, -0.05) is 37.3 Å². The first-order valence-electron chi connectivity index (χ1n) is 8.40. The molecule has 1 saturated heterocycles. The summed E-state index contributed by atoms with van der Waals surface area (Å²) in [6, 6.07) is 11.3. The third-order valence-corrected chi connectivity index (χ3v) is 4.44. The number of nitrogens with one attached hydrogen (secondary N) is 3. The van der Waals surface area contributed by atoms with E-state index >= 15 is 0 Å². The van der Waals surface area contributed by atoms with Crippen LogP contribution in [0.4, 0.5) is 5.82 Å². The summed E-state index contributed by atoms with van der Waals surface area (Å²) in [6.07, 6.45) is -0.206. The fourth-order valence-electron chi connectivity index (χ4n) is 2.84. The highest BCUT2D eigenvalue weighted by atomic mass is 16.2. The number of hydrogen-bond acceptors (Lipinski definition) is 4. The first-order chi connectivity index (χ1) is 11.9. The van der Waals surface area contributed by atoms with Crippen molar-refractivity contribution < 1.29 is 9.59 Å². The van der Waals surface area contributed by atoms with Crippen molar-refractivity contribution in [2.24, 2.45) is 5.92 Å². The second kappa shape index (κ2) is 7.06. The Kier molecular flexibility index (Phi) is 4.85. The number of amides is 2. The summed E-state index contributed by atoms with van der Waals surface area (Å²) in [7, 11) is 0. The number of benzene rings is 1. The lowest BCUT2D eigenvalue weighted by Gasteiger charge is -2.34. The van der Waals surface area contributed by atoms with Gasteiger partial charge in [-0.25, -0.2) is 4.68 Å². The van der Waals surface area contributed by atoms with Crippen LogP contribution in [-0.4, -0.2) is 27.6 Å². The van der Waals surface area contributed by atoms with Gasteiger partial charge >= 0.3 is 0 Å². The Hall–Kier alpha value is -2.67. The molecule has 1 fully saturated rings. The number of aromatic nitrogens is 2. The number of aryl methyl sites for hydroxylation is 1. The van der Waals surface area contributed by atoms with Gasteiger partial charge in [0.1, 0.15) is 5.82 Å². The van der Waals surface area contributed by atoms with Crippen LogP contribution in [0.15, 0.2) is 36.4 Å². The molecule has 0 radical (unpaired) electrons. The van der Waals surface area contributed by atoms with Gasteiger partial charge in [0, 0.05) is 12.1 Å². The lowest BCUT2D eigenvalue weighted by atomic mass is 10.0. The molecule has 132 valence electrons. The quantitative estimate of drug-likeness (QED) is 0.788. The van der Waals surface area contributed by atoms with Crippen molar-refractivity contribution in [2.75, 3.05) is 5.32 Å². The Morgan fingerprint density at radius 1 is 1.28 bits per heavy atom. The summed E-state index contributed by atoms with van der Waals surface area (Å²) in [5, 5.41) is 13.5. The predicted octanol–water partition coefficient (Wildman–Crippen LogP) is 1.57. The molecule has 7 heteroatoms. The molecule has 2 aromatic rings. The zero-order valence-corrected chi connectivity index (χ0v) is 14.6. The normalized spacial score (nSPS) is 23.2. The number of carbonyl (C=O) groups excluding carboxylic acids is 2. The van der Waals surface area contributed by atoms with E-state index in [2.05, 4.69) is 21.0 Å². The van der Waals surface area contributed by atoms with Crippen LogP contribution in [0.25, 0.3) is 0 Å². The fourth-order valence-corrected chi connectivity index (χ4v) is 2.84. The van der Waals surface area contributed by atoms with Crippen LogP contribution in [0.2, 0.25) is 0 Å². The number of anilines is 1. The Labute approximate surface area is 146 Å².